The number of aliphatic hydroxyl groups excluding tert-OH is 2. The highest BCUT2D eigenvalue weighted by Gasteiger charge is 2.45. The third-order valence-electron chi connectivity index (χ3n) is 4.61. The number of hydrogen-bond donors (Lipinski definition) is 4. The molecule has 4 heterocycles. The van der Waals surface area contributed by atoms with E-state index in [4.69, 9.17) is 10.5 Å². The van der Waals surface area contributed by atoms with Crippen LogP contribution in [-0.4, -0.2) is 74.0 Å². The van der Waals surface area contributed by atoms with Gasteiger partial charge in [-0.25, -0.2) is 24.7 Å². The van der Waals surface area contributed by atoms with Crippen LogP contribution in [0, 0.1) is 5.95 Å². The summed E-state index contributed by atoms with van der Waals surface area (Å²) in [5, 5.41) is 20.6. The summed E-state index contributed by atoms with van der Waals surface area (Å²) < 4.78 is 50.7. The summed E-state index contributed by atoms with van der Waals surface area (Å²) in [7, 11) is -4.71. The lowest BCUT2D eigenvalue weighted by atomic mass is 10.1. The van der Waals surface area contributed by atoms with Gasteiger partial charge in [0.25, 0.3) is 5.91 Å². The molecule has 0 spiro atoms. The highest BCUT2D eigenvalue weighted by atomic mass is 32.2. The Kier molecular flexibility index (Phi) is 5.70. The monoisotopic (exact) mass is 469 g/mol. The smallest absolute Gasteiger partial charge is 0.362 e. The summed E-state index contributed by atoms with van der Waals surface area (Å²) in [5.74, 6) is -2.38. The number of nitrogens with two attached hydrogens (primary N) is 1. The summed E-state index contributed by atoms with van der Waals surface area (Å²) in [6, 6.07) is 2.28. The van der Waals surface area contributed by atoms with Crippen molar-refractivity contribution in [2.24, 2.45) is 0 Å². The standard InChI is InChI=1S/C16H16FN7O7S/c17-12-7(2-1-3-19-12)15(27)23-32(28,29)30-4-8-10(25)11(26)16(31-8)24-6-22-9-13(18)20-5-21-14(9)24/h1-3,5-6,8,10-11,16,25-26H,4H2,(H,23,27)(H2,18,20,21)/t8?,10-,11-,16?/m1/s1. The molecule has 1 aliphatic rings. The Balaban J connectivity index is 1.44. The van der Waals surface area contributed by atoms with Crippen molar-refractivity contribution < 1.29 is 36.7 Å². The Morgan fingerprint density at radius 1 is 1.28 bits per heavy atom. The van der Waals surface area contributed by atoms with Crippen LogP contribution in [0.3, 0.4) is 0 Å². The van der Waals surface area contributed by atoms with E-state index in [0.29, 0.717) is 0 Å². The van der Waals surface area contributed by atoms with Gasteiger partial charge in [0.1, 0.15) is 30.2 Å². The third-order valence-corrected chi connectivity index (χ3v) is 5.49. The lowest BCUT2D eigenvalue weighted by Crippen LogP contribution is -2.38. The SMILES string of the molecule is Nc1ncnc2c1ncn2C1OC(COS(=O)(=O)NC(=O)c2cccnc2F)[C@@H](O)[C@H]1O. The van der Waals surface area contributed by atoms with Crippen LogP contribution in [-0.2, 0) is 19.2 Å². The van der Waals surface area contributed by atoms with E-state index in [9.17, 15) is 27.8 Å². The Bertz CT molecular complexity index is 1270. The summed E-state index contributed by atoms with van der Waals surface area (Å²) in [4.78, 5) is 27.0. The molecule has 0 aliphatic carbocycles. The molecule has 1 aliphatic heterocycles. The summed E-state index contributed by atoms with van der Waals surface area (Å²) >= 11 is 0. The van der Waals surface area contributed by atoms with Crippen LogP contribution in [0.25, 0.3) is 11.2 Å². The fourth-order valence-electron chi connectivity index (χ4n) is 3.06. The molecule has 1 fully saturated rings. The predicted molar refractivity (Wildman–Crippen MR) is 102 cm³/mol. The average Bonchev–Trinajstić information content (AvgIpc) is 3.29. The number of imidazole rings is 1. The number of rotatable bonds is 6. The van der Waals surface area contributed by atoms with E-state index in [2.05, 4.69) is 24.1 Å². The zero-order chi connectivity index (χ0) is 23.0. The maximum atomic E-state index is 13.5. The van der Waals surface area contributed by atoms with Gasteiger partial charge in [-0.15, -0.1) is 0 Å². The van der Waals surface area contributed by atoms with Crippen molar-refractivity contribution in [3.05, 3.63) is 42.5 Å². The molecular formula is C16H16FN7O7S. The number of halogens is 1. The Labute approximate surface area is 179 Å². The normalized spacial score (nSPS) is 23.5. The number of nitrogens with one attached hydrogen (secondary N) is 1. The first kappa shape index (κ1) is 21.9. The van der Waals surface area contributed by atoms with E-state index in [1.807, 2.05) is 0 Å². The maximum Gasteiger partial charge on any atom is 0.362 e. The highest BCUT2D eigenvalue weighted by molar-refractivity contribution is 7.85. The molecule has 0 radical (unpaired) electrons. The molecule has 1 saturated heterocycles. The van der Waals surface area contributed by atoms with E-state index < -0.39 is 58.9 Å². The second-order valence-corrected chi connectivity index (χ2v) is 7.99. The first-order valence-corrected chi connectivity index (χ1v) is 10.4. The Hall–Kier alpha value is -3.31. The number of nitrogen functional groups attached to an aromatic ring is 1. The van der Waals surface area contributed by atoms with Gasteiger partial charge in [0.2, 0.25) is 5.95 Å². The first-order chi connectivity index (χ1) is 15.2. The number of carbonyl (C=O) groups excluding carboxylic acids is 1. The number of fused-ring (bicyclic) bond motifs is 1. The minimum absolute atomic E-state index is 0.0913. The molecule has 4 atom stereocenters. The molecule has 2 unspecified atom stereocenters. The number of anilines is 1. The van der Waals surface area contributed by atoms with E-state index in [-0.39, 0.29) is 17.0 Å². The van der Waals surface area contributed by atoms with Crippen LogP contribution in [0.2, 0.25) is 0 Å². The molecule has 4 rings (SSSR count). The molecular weight excluding hydrogens is 453 g/mol. The Morgan fingerprint density at radius 3 is 2.81 bits per heavy atom. The predicted octanol–water partition coefficient (Wildman–Crippen LogP) is -1.75. The van der Waals surface area contributed by atoms with Crippen LogP contribution < -0.4 is 10.5 Å². The van der Waals surface area contributed by atoms with Crippen LogP contribution in [0.15, 0.2) is 31.0 Å². The topological polar surface area (TPSA) is 205 Å². The maximum absolute atomic E-state index is 13.5. The number of ether oxygens (including phenoxy) is 1. The zero-order valence-corrected chi connectivity index (χ0v) is 16.8. The van der Waals surface area contributed by atoms with E-state index in [1.54, 1.807) is 0 Å². The van der Waals surface area contributed by atoms with Crippen molar-refractivity contribution >= 4 is 33.2 Å². The van der Waals surface area contributed by atoms with E-state index >= 15 is 0 Å². The van der Waals surface area contributed by atoms with Gasteiger partial charge < -0.3 is 20.7 Å². The molecule has 170 valence electrons. The summed E-state index contributed by atoms with van der Waals surface area (Å²) in [5.41, 5.74) is 5.56. The largest absolute Gasteiger partial charge is 0.387 e. The number of aliphatic hydroxyl groups is 2. The Morgan fingerprint density at radius 2 is 2.06 bits per heavy atom. The number of amides is 1. The number of pyridine rings is 1. The first-order valence-electron chi connectivity index (χ1n) is 8.94. The quantitative estimate of drug-likeness (QED) is 0.297. The molecule has 5 N–H and O–H groups in total. The number of aromatic nitrogens is 5. The second kappa shape index (κ2) is 8.32. The highest BCUT2D eigenvalue weighted by Crippen LogP contribution is 2.32. The number of hydrogen-bond acceptors (Lipinski definition) is 12. The van der Waals surface area contributed by atoms with Crippen LogP contribution >= 0.6 is 0 Å². The van der Waals surface area contributed by atoms with Gasteiger partial charge in [-0.1, -0.05) is 0 Å². The fraction of sp³-hybridized carbons (Fsp3) is 0.312. The van der Waals surface area contributed by atoms with Gasteiger partial charge in [-0.3, -0.25) is 13.5 Å². The van der Waals surface area contributed by atoms with Gasteiger partial charge in [0.05, 0.1) is 18.5 Å². The van der Waals surface area contributed by atoms with Crippen LogP contribution in [0.1, 0.15) is 16.6 Å². The van der Waals surface area contributed by atoms with Gasteiger partial charge >= 0.3 is 10.3 Å². The minimum atomic E-state index is -4.71. The van der Waals surface area contributed by atoms with Crippen molar-refractivity contribution in [3.8, 4) is 0 Å². The van der Waals surface area contributed by atoms with Crippen LogP contribution in [0.5, 0.6) is 0 Å². The molecule has 0 bridgehead atoms. The van der Waals surface area contributed by atoms with E-state index in [1.165, 1.54) is 28.0 Å². The van der Waals surface area contributed by atoms with Crippen molar-refractivity contribution in [1.29, 1.82) is 0 Å². The zero-order valence-electron chi connectivity index (χ0n) is 15.9. The minimum Gasteiger partial charge on any atom is -0.387 e. The lowest BCUT2D eigenvalue weighted by molar-refractivity contribution is -0.0468. The molecule has 32 heavy (non-hydrogen) atoms. The van der Waals surface area contributed by atoms with Crippen molar-refractivity contribution in [3.63, 3.8) is 0 Å². The molecule has 3 aromatic heterocycles. The third kappa shape index (κ3) is 4.08. The molecule has 0 saturated carbocycles. The van der Waals surface area contributed by atoms with Crippen molar-refractivity contribution in [2.75, 3.05) is 12.3 Å². The van der Waals surface area contributed by atoms with Crippen molar-refractivity contribution in [2.45, 2.75) is 24.5 Å². The average molecular weight is 469 g/mol. The number of nitrogens with zero attached hydrogens (tertiary/aromatic N) is 5. The second-order valence-electron chi connectivity index (χ2n) is 6.64. The summed E-state index contributed by atoms with van der Waals surface area (Å²) in [6.07, 6.45) is -2.04. The van der Waals surface area contributed by atoms with Crippen LogP contribution in [0.4, 0.5) is 10.2 Å². The van der Waals surface area contributed by atoms with Gasteiger partial charge in [0, 0.05) is 6.20 Å². The molecule has 3 aromatic rings. The number of carbonyl (C=O) groups is 1. The summed E-state index contributed by atoms with van der Waals surface area (Å²) in [6.45, 7) is -0.767. The van der Waals surface area contributed by atoms with Crippen molar-refractivity contribution in [1.82, 2.24) is 29.2 Å². The van der Waals surface area contributed by atoms with Gasteiger partial charge in [-0.05, 0) is 12.1 Å². The molecule has 16 heteroatoms. The molecule has 1 amide bonds. The van der Waals surface area contributed by atoms with E-state index in [0.717, 1.165) is 12.3 Å². The van der Waals surface area contributed by atoms with Gasteiger partial charge in [0.15, 0.2) is 17.7 Å². The molecule has 14 nitrogen and oxygen atoms in total. The van der Waals surface area contributed by atoms with Gasteiger partial charge in [-0.2, -0.15) is 12.8 Å². The molecule has 0 aromatic carbocycles. The lowest BCUT2D eigenvalue weighted by Gasteiger charge is -2.16. The fourth-order valence-corrected chi connectivity index (χ4v) is 3.77.